The van der Waals surface area contributed by atoms with E-state index in [1.54, 1.807) is 0 Å². The van der Waals surface area contributed by atoms with E-state index in [4.69, 9.17) is 4.74 Å². The van der Waals surface area contributed by atoms with Gasteiger partial charge in [-0.2, -0.15) is 0 Å². The van der Waals surface area contributed by atoms with E-state index in [9.17, 15) is 12.8 Å². The fraction of sp³-hybridized carbons (Fsp3) is 0.400. The molecule has 3 rings (SSSR count). The maximum absolute atomic E-state index is 12.9. The Morgan fingerprint density at radius 2 is 1.78 bits per heavy atom. The lowest BCUT2D eigenvalue weighted by Gasteiger charge is -2.26. The summed E-state index contributed by atoms with van der Waals surface area (Å²) in [6, 6.07) is 12.9. The zero-order valence-corrected chi connectivity index (χ0v) is 16.0. The molecular weight excluding hydrogens is 367 g/mol. The van der Waals surface area contributed by atoms with Crippen molar-refractivity contribution in [3.63, 3.8) is 0 Å². The van der Waals surface area contributed by atoms with Crippen LogP contribution in [0.25, 0.3) is 0 Å². The van der Waals surface area contributed by atoms with Gasteiger partial charge in [-0.1, -0.05) is 18.2 Å². The van der Waals surface area contributed by atoms with Crippen molar-refractivity contribution >= 4 is 10.0 Å². The number of ether oxygens (including phenoxy) is 1. The topological polar surface area (TPSA) is 67.4 Å². The van der Waals surface area contributed by atoms with Gasteiger partial charge in [-0.15, -0.1) is 0 Å². The van der Waals surface area contributed by atoms with Gasteiger partial charge < -0.3 is 10.1 Å². The molecule has 0 saturated heterocycles. The fourth-order valence-corrected chi connectivity index (χ4v) is 4.14. The predicted octanol–water partition coefficient (Wildman–Crippen LogP) is 2.87. The third-order valence-corrected chi connectivity index (χ3v) is 6.05. The van der Waals surface area contributed by atoms with Gasteiger partial charge in [0, 0.05) is 13.1 Å². The second kappa shape index (κ2) is 9.30. The Balaban J connectivity index is 1.29. The van der Waals surface area contributed by atoms with Crippen molar-refractivity contribution in [1.29, 1.82) is 0 Å². The largest absolute Gasteiger partial charge is 0.489 e. The highest BCUT2D eigenvalue weighted by molar-refractivity contribution is 7.89. The van der Waals surface area contributed by atoms with Crippen LogP contribution in [0.3, 0.4) is 0 Å². The third-order valence-electron chi connectivity index (χ3n) is 4.57. The van der Waals surface area contributed by atoms with E-state index in [0.717, 1.165) is 56.7 Å². The first-order valence-electron chi connectivity index (χ1n) is 9.25. The minimum atomic E-state index is -3.57. The molecule has 0 radical (unpaired) electrons. The van der Waals surface area contributed by atoms with Gasteiger partial charge in [0.15, 0.2) is 0 Å². The lowest BCUT2D eigenvalue weighted by atomic mass is 10.0. The van der Waals surface area contributed by atoms with Gasteiger partial charge in [0.1, 0.15) is 17.7 Å². The monoisotopic (exact) mass is 392 g/mol. The quantitative estimate of drug-likeness (QED) is 0.644. The van der Waals surface area contributed by atoms with Crippen molar-refractivity contribution in [1.82, 2.24) is 10.0 Å². The standard InChI is InChI=1S/C20H25FN2O3S/c21-17-8-11-19(12-9-17)27(24,25)23-14-4-3-13-22-15-18-10-7-16-5-1-2-6-20(16)26-18/h1-2,5-6,8-9,11-12,18,22-23H,3-4,7,10,13-15H2. The highest BCUT2D eigenvalue weighted by Crippen LogP contribution is 2.26. The van der Waals surface area contributed by atoms with Crippen LogP contribution in [-0.4, -0.2) is 34.2 Å². The van der Waals surface area contributed by atoms with Crippen LogP contribution in [0, 0.1) is 5.82 Å². The summed E-state index contributed by atoms with van der Waals surface area (Å²) in [5.41, 5.74) is 1.27. The second-order valence-electron chi connectivity index (χ2n) is 6.65. The molecule has 2 aromatic rings. The molecule has 1 heterocycles. The zero-order valence-electron chi connectivity index (χ0n) is 15.2. The summed E-state index contributed by atoms with van der Waals surface area (Å²) in [4.78, 5) is 0.0803. The molecule has 0 bridgehead atoms. The van der Waals surface area contributed by atoms with E-state index in [-0.39, 0.29) is 11.0 Å². The number of hydrogen-bond donors (Lipinski definition) is 2. The van der Waals surface area contributed by atoms with E-state index in [1.807, 2.05) is 18.2 Å². The lowest BCUT2D eigenvalue weighted by Crippen LogP contribution is -2.34. The molecule has 0 saturated carbocycles. The van der Waals surface area contributed by atoms with Crippen LogP contribution in [0.4, 0.5) is 4.39 Å². The van der Waals surface area contributed by atoms with Crippen molar-refractivity contribution in [3.8, 4) is 5.75 Å². The molecule has 27 heavy (non-hydrogen) atoms. The smallest absolute Gasteiger partial charge is 0.240 e. The SMILES string of the molecule is O=S(=O)(NCCCCNCC1CCc2ccccc2O1)c1ccc(F)cc1. The molecule has 0 aliphatic carbocycles. The molecule has 1 aliphatic rings. The molecule has 1 atom stereocenters. The molecule has 0 amide bonds. The van der Waals surface area contributed by atoms with E-state index in [2.05, 4.69) is 16.1 Å². The number of nitrogens with one attached hydrogen (secondary N) is 2. The fourth-order valence-electron chi connectivity index (χ4n) is 3.07. The van der Waals surface area contributed by atoms with Crippen LogP contribution in [0.1, 0.15) is 24.8 Å². The Labute approximate surface area is 160 Å². The number of aryl methyl sites for hydroxylation is 1. The summed E-state index contributed by atoms with van der Waals surface area (Å²) >= 11 is 0. The van der Waals surface area contributed by atoms with Crippen LogP contribution in [0.5, 0.6) is 5.75 Å². The Kier molecular flexibility index (Phi) is 6.82. The summed E-state index contributed by atoms with van der Waals surface area (Å²) in [5.74, 6) is 0.524. The zero-order chi connectivity index (χ0) is 19.1. The van der Waals surface area contributed by atoms with Crippen molar-refractivity contribution < 1.29 is 17.5 Å². The van der Waals surface area contributed by atoms with Gasteiger partial charge in [0.25, 0.3) is 0 Å². The Bertz CT molecular complexity index is 841. The van der Waals surface area contributed by atoms with Gasteiger partial charge in [-0.05, 0) is 68.1 Å². The van der Waals surface area contributed by atoms with Crippen molar-refractivity contribution in [2.75, 3.05) is 19.6 Å². The van der Waals surface area contributed by atoms with Crippen LogP contribution in [0.15, 0.2) is 53.4 Å². The van der Waals surface area contributed by atoms with E-state index >= 15 is 0 Å². The minimum absolute atomic E-state index is 0.0803. The lowest BCUT2D eigenvalue weighted by molar-refractivity contribution is 0.170. The second-order valence-corrected chi connectivity index (χ2v) is 8.42. The molecule has 0 spiro atoms. The van der Waals surface area contributed by atoms with Gasteiger partial charge >= 0.3 is 0 Å². The minimum Gasteiger partial charge on any atom is -0.489 e. The summed E-state index contributed by atoms with van der Waals surface area (Å²) in [7, 11) is -3.57. The van der Waals surface area contributed by atoms with Gasteiger partial charge in [0.05, 0.1) is 4.90 Å². The number of benzene rings is 2. The average molecular weight is 392 g/mol. The van der Waals surface area contributed by atoms with E-state index < -0.39 is 15.8 Å². The molecule has 7 heteroatoms. The van der Waals surface area contributed by atoms with Crippen LogP contribution in [0.2, 0.25) is 0 Å². The highest BCUT2D eigenvalue weighted by Gasteiger charge is 2.18. The Morgan fingerprint density at radius 1 is 1.04 bits per heavy atom. The van der Waals surface area contributed by atoms with Crippen LogP contribution in [-0.2, 0) is 16.4 Å². The van der Waals surface area contributed by atoms with Crippen LogP contribution >= 0.6 is 0 Å². The molecule has 146 valence electrons. The number of fused-ring (bicyclic) bond motifs is 1. The molecule has 1 aliphatic heterocycles. The summed E-state index contributed by atoms with van der Waals surface area (Å²) < 4.78 is 45.5. The molecule has 1 unspecified atom stereocenters. The Morgan fingerprint density at radius 3 is 2.59 bits per heavy atom. The molecular formula is C20H25FN2O3S. The highest BCUT2D eigenvalue weighted by atomic mass is 32.2. The summed E-state index contributed by atoms with van der Waals surface area (Å²) in [6.07, 6.45) is 3.79. The van der Waals surface area contributed by atoms with Gasteiger partial charge in [0.2, 0.25) is 10.0 Å². The van der Waals surface area contributed by atoms with Gasteiger partial charge in [-0.3, -0.25) is 0 Å². The van der Waals surface area contributed by atoms with E-state index in [1.165, 1.54) is 17.7 Å². The molecule has 0 aromatic heterocycles. The normalized spacial score (nSPS) is 16.6. The maximum Gasteiger partial charge on any atom is 0.240 e. The first-order chi connectivity index (χ1) is 13.0. The number of hydrogen-bond acceptors (Lipinski definition) is 4. The van der Waals surface area contributed by atoms with Crippen molar-refractivity contribution in [3.05, 3.63) is 59.9 Å². The van der Waals surface area contributed by atoms with E-state index in [0.29, 0.717) is 6.54 Å². The number of unbranched alkanes of at least 4 members (excludes halogenated alkanes) is 1. The number of rotatable bonds is 9. The third kappa shape index (κ3) is 5.76. The molecule has 0 fully saturated rings. The van der Waals surface area contributed by atoms with Crippen molar-refractivity contribution in [2.45, 2.75) is 36.7 Å². The molecule has 5 nitrogen and oxygen atoms in total. The number of para-hydroxylation sites is 1. The summed E-state index contributed by atoms with van der Waals surface area (Å²) in [6.45, 7) is 1.95. The Hall–Kier alpha value is -1.96. The predicted molar refractivity (Wildman–Crippen MR) is 103 cm³/mol. The molecule has 2 N–H and O–H groups in total. The first-order valence-corrected chi connectivity index (χ1v) is 10.7. The molecule has 2 aromatic carbocycles. The maximum atomic E-state index is 12.9. The van der Waals surface area contributed by atoms with Gasteiger partial charge in [-0.25, -0.2) is 17.5 Å². The van der Waals surface area contributed by atoms with Crippen LogP contribution < -0.4 is 14.8 Å². The average Bonchev–Trinajstić information content (AvgIpc) is 2.67. The number of halogens is 1. The first kappa shape index (κ1) is 19.8. The van der Waals surface area contributed by atoms with Crippen molar-refractivity contribution in [2.24, 2.45) is 0 Å². The summed E-state index contributed by atoms with van der Waals surface area (Å²) in [5, 5.41) is 3.38. The number of sulfonamides is 1.